The van der Waals surface area contributed by atoms with E-state index in [9.17, 15) is 24.6 Å². The average molecular weight is 716 g/mol. The summed E-state index contributed by atoms with van der Waals surface area (Å²) < 4.78 is 0. The minimum absolute atomic E-state index is 0. The second-order valence-electron chi connectivity index (χ2n) is 15.2. The third-order valence-corrected chi connectivity index (χ3v) is 10.7. The number of aliphatic hydroxyl groups is 2. The van der Waals surface area contributed by atoms with Crippen LogP contribution in [0.1, 0.15) is 85.1 Å². The maximum absolute atomic E-state index is 14.1. The lowest BCUT2D eigenvalue weighted by molar-refractivity contribution is -0.143. The molecule has 11 heteroatoms. The number of carbonyl (C=O) groups excluding carboxylic acids is 3. The van der Waals surface area contributed by atoms with Crippen LogP contribution in [0.5, 0.6) is 0 Å². The maximum atomic E-state index is 14.1. The summed E-state index contributed by atoms with van der Waals surface area (Å²) in [4.78, 5) is 46.0. The monoisotopic (exact) mass is 715 g/mol. The zero-order valence-electron chi connectivity index (χ0n) is 31.0. The fourth-order valence-corrected chi connectivity index (χ4v) is 7.39. The van der Waals surface area contributed by atoms with E-state index >= 15 is 0 Å². The highest BCUT2D eigenvalue weighted by atomic mass is 35.5. The third-order valence-electron chi connectivity index (χ3n) is 10.7. The lowest BCUT2D eigenvalue weighted by atomic mass is 9.79. The molecule has 2 fully saturated rings. The van der Waals surface area contributed by atoms with E-state index in [1.807, 2.05) is 75.1 Å². The molecule has 4 rings (SSSR count). The summed E-state index contributed by atoms with van der Waals surface area (Å²) >= 11 is 0. The number of hydrogen-bond acceptors (Lipinski definition) is 7. The molecule has 3 amide bonds. The van der Waals surface area contributed by atoms with Crippen molar-refractivity contribution in [2.75, 3.05) is 33.2 Å². The lowest BCUT2D eigenvalue weighted by Crippen LogP contribution is -2.66. The molecule has 1 saturated carbocycles. The van der Waals surface area contributed by atoms with Crippen LogP contribution in [0.15, 0.2) is 42.5 Å². The van der Waals surface area contributed by atoms with E-state index in [2.05, 4.69) is 27.9 Å². The van der Waals surface area contributed by atoms with Crippen molar-refractivity contribution in [3.05, 3.63) is 48.0 Å². The van der Waals surface area contributed by atoms with Crippen LogP contribution in [-0.4, -0.2) is 107 Å². The minimum Gasteiger partial charge on any atom is -0.390 e. The second-order valence-corrected chi connectivity index (χ2v) is 15.2. The molecule has 2 aliphatic rings. The summed E-state index contributed by atoms with van der Waals surface area (Å²) in [6.07, 6.45) is 3.35. The van der Waals surface area contributed by atoms with E-state index < -0.39 is 41.8 Å². The molecule has 1 saturated heterocycles. The molecule has 0 radical (unpaired) electrons. The van der Waals surface area contributed by atoms with E-state index in [1.54, 1.807) is 6.92 Å². The molecule has 0 bridgehead atoms. The van der Waals surface area contributed by atoms with Gasteiger partial charge in [-0.2, -0.15) is 0 Å². The Balaban J connectivity index is 0.00000676. The van der Waals surface area contributed by atoms with Gasteiger partial charge < -0.3 is 30.6 Å². The quantitative estimate of drug-likeness (QED) is 0.188. The SMILES string of the molecule is CCC(C)C(NC(=O)C(C)NC1(C(=O)N2CCN(C)CC2)CCCCC1)C(=O)N[C@@H](Cc1ccc2ccccc2c1)[C@@H](O)[C@@H](O)CC(C)C.Cl. The lowest BCUT2D eigenvalue weighted by Gasteiger charge is -2.44. The Bertz CT molecular complexity index is 1390. The first kappa shape index (κ1) is 41.7. The van der Waals surface area contributed by atoms with Gasteiger partial charge in [0, 0.05) is 26.2 Å². The Hall–Kier alpha value is -2.76. The number of halogens is 1. The Morgan fingerprint density at radius 3 is 2.12 bits per heavy atom. The molecule has 3 unspecified atom stereocenters. The van der Waals surface area contributed by atoms with Gasteiger partial charge in [0.2, 0.25) is 17.7 Å². The molecular formula is C39H62ClN5O5. The van der Waals surface area contributed by atoms with Gasteiger partial charge in [-0.15, -0.1) is 12.4 Å². The molecule has 0 spiro atoms. The van der Waals surface area contributed by atoms with Gasteiger partial charge in [0.05, 0.1) is 23.7 Å². The van der Waals surface area contributed by atoms with Gasteiger partial charge in [-0.1, -0.05) is 95.8 Å². The summed E-state index contributed by atoms with van der Waals surface area (Å²) in [5.41, 5.74) is 0.116. The van der Waals surface area contributed by atoms with Gasteiger partial charge in [-0.3, -0.25) is 19.7 Å². The van der Waals surface area contributed by atoms with Crippen molar-refractivity contribution < 1.29 is 24.6 Å². The minimum atomic E-state index is -1.21. The summed E-state index contributed by atoms with van der Waals surface area (Å²) in [7, 11) is 2.06. The van der Waals surface area contributed by atoms with Crippen molar-refractivity contribution >= 4 is 40.9 Å². The number of fused-ring (bicyclic) bond motifs is 1. The number of carbonyl (C=O) groups is 3. The normalized spacial score (nSPS) is 20.2. The number of nitrogens with zero attached hydrogens (tertiary/aromatic N) is 2. The molecule has 50 heavy (non-hydrogen) atoms. The van der Waals surface area contributed by atoms with E-state index in [-0.39, 0.29) is 36.1 Å². The average Bonchev–Trinajstić information content (AvgIpc) is 3.09. The highest BCUT2D eigenvalue weighted by Gasteiger charge is 2.44. The highest BCUT2D eigenvalue weighted by Crippen LogP contribution is 2.31. The summed E-state index contributed by atoms with van der Waals surface area (Å²) in [6, 6.07) is 11.7. The molecule has 1 aliphatic carbocycles. The molecule has 2 aromatic carbocycles. The van der Waals surface area contributed by atoms with Gasteiger partial charge >= 0.3 is 0 Å². The number of rotatable bonds is 15. The predicted octanol–water partition coefficient (Wildman–Crippen LogP) is 4.04. The zero-order chi connectivity index (χ0) is 35.7. The Labute approximate surface area is 305 Å². The van der Waals surface area contributed by atoms with Gasteiger partial charge in [0.1, 0.15) is 12.1 Å². The van der Waals surface area contributed by atoms with E-state index in [0.29, 0.717) is 45.2 Å². The standard InChI is InChI=1S/C39H61N5O5.ClH/c1-7-27(4)34(41-36(47)28(5)42-39(17-11-8-12-18-39)38(49)44-21-19-43(6)20-22-44)37(48)40-32(35(46)33(45)23-26(2)3)25-29-15-16-30-13-9-10-14-31(30)24-29;/h9-10,13-16,24,26-28,32-35,42,45-46H,7-8,11-12,17-23,25H2,1-6H3,(H,40,48)(H,41,47);1H/t27?,28?,32-,33-,34?,35+;/m0./s1. The van der Waals surface area contributed by atoms with Crippen molar-refractivity contribution in [1.29, 1.82) is 0 Å². The first-order valence-electron chi connectivity index (χ1n) is 18.5. The molecule has 6 atom stereocenters. The number of amides is 3. The molecule has 0 aromatic heterocycles. The van der Waals surface area contributed by atoms with Crippen molar-refractivity contribution in [3.8, 4) is 0 Å². The van der Waals surface area contributed by atoms with Crippen molar-refractivity contribution in [2.45, 2.75) is 122 Å². The summed E-state index contributed by atoms with van der Waals surface area (Å²) in [6.45, 7) is 12.6. The number of aliphatic hydroxyl groups excluding tert-OH is 2. The Morgan fingerprint density at radius 2 is 1.50 bits per heavy atom. The third kappa shape index (κ3) is 10.9. The molecule has 1 aliphatic heterocycles. The molecule has 1 heterocycles. The number of nitrogens with one attached hydrogen (secondary N) is 3. The summed E-state index contributed by atoms with van der Waals surface area (Å²) in [5, 5.41) is 34.0. The zero-order valence-corrected chi connectivity index (χ0v) is 31.8. The van der Waals surface area contributed by atoms with Crippen LogP contribution in [0.25, 0.3) is 10.8 Å². The van der Waals surface area contributed by atoms with Crippen LogP contribution in [0.2, 0.25) is 0 Å². The van der Waals surface area contributed by atoms with Crippen LogP contribution in [-0.2, 0) is 20.8 Å². The molecule has 280 valence electrons. The molecule has 5 N–H and O–H groups in total. The number of benzene rings is 2. The van der Waals surface area contributed by atoms with E-state index in [4.69, 9.17) is 0 Å². The maximum Gasteiger partial charge on any atom is 0.243 e. The van der Waals surface area contributed by atoms with Crippen molar-refractivity contribution in [1.82, 2.24) is 25.8 Å². The van der Waals surface area contributed by atoms with Gasteiger partial charge in [0.25, 0.3) is 0 Å². The largest absolute Gasteiger partial charge is 0.390 e. The highest BCUT2D eigenvalue weighted by molar-refractivity contribution is 5.92. The van der Waals surface area contributed by atoms with Gasteiger partial charge in [-0.05, 0) is 67.8 Å². The van der Waals surface area contributed by atoms with Gasteiger partial charge in [0.15, 0.2) is 0 Å². The van der Waals surface area contributed by atoms with Gasteiger partial charge in [-0.25, -0.2) is 0 Å². The predicted molar refractivity (Wildman–Crippen MR) is 202 cm³/mol. The van der Waals surface area contributed by atoms with Crippen molar-refractivity contribution in [2.24, 2.45) is 11.8 Å². The van der Waals surface area contributed by atoms with E-state index in [0.717, 1.165) is 48.7 Å². The number of hydrogen-bond donors (Lipinski definition) is 5. The van der Waals surface area contributed by atoms with Crippen molar-refractivity contribution in [3.63, 3.8) is 0 Å². The molecule has 2 aromatic rings. The number of piperazine rings is 1. The van der Waals surface area contributed by atoms with Crippen LogP contribution in [0.4, 0.5) is 0 Å². The fourth-order valence-electron chi connectivity index (χ4n) is 7.39. The van der Waals surface area contributed by atoms with Crippen LogP contribution < -0.4 is 16.0 Å². The smallest absolute Gasteiger partial charge is 0.243 e. The van der Waals surface area contributed by atoms with Crippen LogP contribution in [0.3, 0.4) is 0 Å². The van der Waals surface area contributed by atoms with Crippen LogP contribution in [0, 0.1) is 11.8 Å². The molecular weight excluding hydrogens is 654 g/mol. The first-order chi connectivity index (χ1) is 23.3. The first-order valence-corrected chi connectivity index (χ1v) is 18.5. The fraction of sp³-hybridized carbons (Fsp3) is 0.667. The van der Waals surface area contributed by atoms with E-state index in [1.165, 1.54) is 0 Å². The number of likely N-dealkylation sites (N-methyl/N-ethyl adjacent to an activating group) is 1. The summed E-state index contributed by atoms with van der Waals surface area (Å²) in [5.74, 6) is -0.730. The topological polar surface area (TPSA) is 134 Å². The molecule has 10 nitrogen and oxygen atoms in total. The Kier molecular flexibility index (Phi) is 16.0. The second kappa shape index (κ2) is 19.2. The van der Waals surface area contributed by atoms with Crippen LogP contribution >= 0.6 is 12.4 Å². The Morgan fingerprint density at radius 1 is 0.860 bits per heavy atom.